The van der Waals surface area contributed by atoms with Crippen LogP contribution in [0.4, 0.5) is 5.69 Å². The quantitative estimate of drug-likeness (QED) is 0.428. The molecular formula is C29H36N2O2. The third kappa shape index (κ3) is 4.85. The molecule has 2 N–H and O–H groups in total. The molecule has 1 atom stereocenters. The van der Waals surface area contributed by atoms with E-state index in [4.69, 9.17) is 4.74 Å². The van der Waals surface area contributed by atoms with E-state index in [-0.39, 0.29) is 17.2 Å². The molecule has 3 aromatic rings. The largest absolute Gasteiger partial charge is 0.486 e. The van der Waals surface area contributed by atoms with Crippen molar-refractivity contribution in [1.82, 2.24) is 4.98 Å². The van der Waals surface area contributed by atoms with Crippen LogP contribution in [0.3, 0.4) is 0 Å². The van der Waals surface area contributed by atoms with Crippen molar-refractivity contribution >= 4 is 11.6 Å². The highest BCUT2D eigenvalue weighted by molar-refractivity contribution is 5.93. The van der Waals surface area contributed by atoms with E-state index < -0.39 is 5.60 Å². The van der Waals surface area contributed by atoms with Crippen LogP contribution in [0.5, 0.6) is 5.75 Å². The van der Waals surface area contributed by atoms with Gasteiger partial charge in [-0.3, -0.25) is 4.79 Å². The Morgan fingerprint density at radius 3 is 2.39 bits per heavy atom. The lowest BCUT2D eigenvalue weighted by Crippen LogP contribution is -2.31. The Hall–Kier alpha value is -3.01. The van der Waals surface area contributed by atoms with Crippen molar-refractivity contribution in [2.24, 2.45) is 5.41 Å². The molecule has 0 saturated heterocycles. The van der Waals surface area contributed by atoms with E-state index in [1.807, 2.05) is 24.4 Å². The number of aromatic nitrogens is 1. The highest BCUT2D eigenvalue weighted by atomic mass is 16.5. The van der Waals surface area contributed by atoms with Crippen LogP contribution in [0.25, 0.3) is 11.3 Å². The van der Waals surface area contributed by atoms with Crippen molar-refractivity contribution in [3.8, 4) is 17.0 Å². The number of H-pyrrole nitrogens is 1. The number of hydrogen-bond acceptors (Lipinski definition) is 2. The van der Waals surface area contributed by atoms with Gasteiger partial charge in [0.05, 0.1) is 5.92 Å². The maximum atomic E-state index is 12.8. The maximum Gasteiger partial charge on any atom is 0.224 e. The molecular weight excluding hydrogens is 408 g/mol. The monoisotopic (exact) mass is 444 g/mol. The summed E-state index contributed by atoms with van der Waals surface area (Å²) in [6, 6.07) is 17.0. The molecule has 4 nitrogen and oxygen atoms in total. The fourth-order valence-corrected chi connectivity index (χ4v) is 4.79. The van der Waals surface area contributed by atoms with Gasteiger partial charge in [0.25, 0.3) is 0 Å². The topological polar surface area (TPSA) is 54.1 Å². The number of benzene rings is 2. The fourth-order valence-electron chi connectivity index (χ4n) is 4.79. The van der Waals surface area contributed by atoms with Gasteiger partial charge in [-0.1, -0.05) is 58.9 Å². The number of anilines is 1. The molecule has 1 unspecified atom stereocenters. The molecule has 1 amide bonds. The summed E-state index contributed by atoms with van der Waals surface area (Å²) in [5, 5.41) is 3.15. The van der Waals surface area contributed by atoms with Gasteiger partial charge >= 0.3 is 0 Å². The van der Waals surface area contributed by atoms with Crippen molar-refractivity contribution < 1.29 is 9.53 Å². The fraction of sp³-hybridized carbons (Fsp3) is 0.414. The van der Waals surface area contributed by atoms with Gasteiger partial charge in [-0.2, -0.15) is 0 Å². The molecule has 174 valence electrons. The molecule has 2 heterocycles. The number of amides is 1. The Morgan fingerprint density at radius 1 is 1.12 bits per heavy atom. The zero-order valence-electron chi connectivity index (χ0n) is 20.9. The van der Waals surface area contributed by atoms with E-state index in [1.165, 1.54) is 11.1 Å². The minimum Gasteiger partial charge on any atom is -0.486 e. The van der Waals surface area contributed by atoms with Crippen LogP contribution in [0.2, 0.25) is 0 Å². The summed E-state index contributed by atoms with van der Waals surface area (Å²) in [5.41, 5.74) is 5.91. The van der Waals surface area contributed by atoms with E-state index in [9.17, 15) is 4.79 Å². The van der Waals surface area contributed by atoms with Crippen LogP contribution in [0.1, 0.15) is 83.4 Å². The summed E-state index contributed by atoms with van der Waals surface area (Å²) < 4.78 is 6.60. The molecule has 0 aliphatic carbocycles. The molecule has 2 aromatic carbocycles. The molecule has 0 fully saturated rings. The SMILES string of the molecule is CC(C)c1ccc(C2c3cc(NC(=O)CC(C)(C)C)cc(-c4ccc[nH]4)c3OC2(C)C)cc1. The lowest BCUT2D eigenvalue weighted by Gasteiger charge is -2.27. The Labute approximate surface area is 197 Å². The average molecular weight is 445 g/mol. The summed E-state index contributed by atoms with van der Waals surface area (Å²) in [4.78, 5) is 16.1. The van der Waals surface area contributed by atoms with Gasteiger partial charge in [0.1, 0.15) is 11.4 Å². The molecule has 1 aromatic heterocycles. The number of ether oxygens (including phenoxy) is 1. The summed E-state index contributed by atoms with van der Waals surface area (Å²) in [6.07, 6.45) is 2.37. The van der Waals surface area contributed by atoms with Crippen molar-refractivity contribution in [2.75, 3.05) is 5.32 Å². The van der Waals surface area contributed by atoms with Crippen molar-refractivity contribution in [3.63, 3.8) is 0 Å². The highest BCUT2D eigenvalue weighted by Gasteiger charge is 2.43. The molecule has 4 heteroatoms. The molecule has 0 radical (unpaired) electrons. The lowest BCUT2D eigenvalue weighted by atomic mass is 9.80. The first kappa shape index (κ1) is 23.2. The normalized spacial score (nSPS) is 17.0. The lowest BCUT2D eigenvalue weighted by molar-refractivity contribution is -0.117. The first-order valence-electron chi connectivity index (χ1n) is 11.8. The number of carbonyl (C=O) groups is 1. The van der Waals surface area contributed by atoms with Crippen LogP contribution in [-0.2, 0) is 4.79 Å². The summed E-state index contributed by atoms with van der Waals surface area (Å²) in [6.45, 7) is 14.9. The zero-order valence-corrected chi connectivity index (χ0v) is 20.9. The van der Waals surface area contributed by atoms with E-state index in [0.29, 0.717) is 12.3 Å². The van der Waals surface area contributed by atoms with E-state index in [2.05, 4.69) is 89.1 Å². The van der Waals surface area contributed by atoms with Crippen LogP contribution in [0, 0.1) is 5.41 Å². The van der Waals surface area contributed by atoms with Crippen molar-refractivity contribution in [3.05, 3.63) is 71.4 Å². The number of fused-ring (bicyclic) bond motifs is 1. The molecule has 4 rings (SSSR count). The first-order valence-corrected chi connectivity index (χ1v) is 11.8. The predicted molar refractivity (Wildman–Crippen MR) is 136 cm³/mol. The maximum absolute atomic E-state index is 12.8. The van der Waals surface area contributed by atoms with E-state index in [1.54, 1.807) is 0 Å². The Bertz CT molecular complexity index is 1130. The standard InChI is InChI=1S/C29H36N2O2/c1-18(2)19-10-12-20(13-11-19)26-23-16-21(31-25(32)17-28(3,4)5)15-22(24-9-8-14-30-24)27(23)33-29(26,6)7/h8-16,18,26,30H,17H2,1-7H3,(H,31,32). The minimum atomic E-state index is -0.420. The molecule has 0 bridgehead atoms. The second kappa shape index (κ2) is 8.40. The number of nitrogens with one attached hydrogen (secondary N) is 2. The van der Waals surface area contributed by atoms with Gasteiger partial charge in [-0.05, 0) is 60.6 Å². The van der Waals surface area contributed by atoms with Crippen molar-refractivity contribution in [2.45, 2.75) is 72.3 Å². The van der Waals surface area contributed by atoms with Gasteiger partial charge < -0.3 is 15.0 Å². The van der Waals surface area contributed by atoms with E-state index >= 15 is 0 Å². The van der Waals surface area contributed by atoms with Gasteiger partial charge in [0, 0.05) is 35.1 Å². The zero-order chi connectivity index (χ0) is 24.0. The minimum absolute atomic E-state index is 0.0240. The van der Waals surface area contributed by atoms with Crippen LogP contribution in [-0.4, -0.2) is 16.5 Å². The van der Waals surface area contributed by atoms with E-state index in [0.717, 1.165) is 28.3 Å². The number of carbonyl (C=O) groups excluding carboxylic acids is 1. The third-order valence-electron chi connectivity index (χ3n) is 6.29. The first-order chi connectivity index (χ1) is 15.4. The van der Waals surface area contributed by atoms with Gasteiger partial charge in [-0.25, -0.2) is 0 Å². The second-order valence-corrected chi connectivity index (χ2v) is 11.3. The molecule has 0 spiro atoms. The molecule has 0 saturated carbocycles. The van der Waals surface area contributed by atoms with Gasteiger partial charge in [0.2, 0.25) is 5.91 Å². The summed E-state index contributed by atoms with van der Waals surface area (Å²) >= 11 is 0. The third-order valence-corrected chi connectivity index (χ3v) is 6.29. The van der Waals surface area contributed by atoms with Gasteiger partial charge in [-0.15, -0.1) is 0 Å². The number of aromatic amines is 1. The number of rotatable bonds is 5. The average Bonchev–Trinajstić information content (AvgIpc) is 3.31. The van der Waals surface area contributed by atoms with Crippen LogP contribution < -0.4 is 10.1 Å². The Kier molecular flexibility index (Phi) is 5.90. The second-order valence-electron chi connectivity index (χ2n) is 11.3. The molecule has 33 heavy (non-hydrogen) atoms. The van der Waals surface area contributed by atoms with Crippen LogP contribution in [0.15, 0.2) is 54.7 Å². The number of hydrogen-bond donors (Lipinski definition) is 2. The van der Waals surface area contributed by atoms with Gasteiger partial charge in [0.15, 0.2) is 0 Å². The van der Waals surface area contributed by atoms with Crippen LogP contribution >= 0.6 is 0 Å². The summed E-state index contributed by atoms with van der Waals surface area (Å²) in [7, 11) is 0. The molecule has 1 aliphatic rings. The Morgan fingerprint density at radius 2 is 1.82 bits per heavy atom. The highest BCUT2D eigenvalue weighted by Crippen LogP contribution is 2.53. The predicted octanol–water partition coefficient (Wildman–Crippen LogP) is 7.48. The smallest absolute Gasteiger partial charge is 0.224 e. The van der Waals surface area contributed by atoms with Crippen molar-refractivity contribution in [1.29, 1.82) is 0 Å². The Balaban J connectivity index is 1.81. The summed E-state index contributed by atoms with van der Waals surface area (Å²) in [5.74, 6) is 1.45. The molecule has 1 aliphatic heterocycles.